The minimum atomic E-state index is -4.82. The summed E-state index contributed by atoms with van der Waals surface area (Å²) >= 11 is 0. The predicted molar refractivity (Wildman–Crippen MR) is 250 cm³/mol. The number of halogens is 6. The second-order valence-corrected chi connectivity index (χ2v) is 16.2. The van der Waals surface area contributed by atoms with Gasteiger partial charge >= 0.3 is 12.5 Å². The normalized spacial score (nSPS) is 12.3. The fraction of sp³-hybridized carbons (Fsp3) is 0.0526. The van der Waals surface area contributed by atoms with Gasteiger partial charge in [-0.3, -0.25) is 0 Å². The van der Waals surface area contributed by atoms with Gasteiger partial charge in [-0.2, -0.15) is 13.2 Å². The highest BCUT2D eigenvalue weighted by atomic mass is 19.4. The molecule has 0 aliphatic carbocycles. The third-order valence-corrected chi connectivity index (χ3v) is 12.3. The second-order valence-electron chi connectivity index (χ2n) is 16.2. The minimum absolute atomic E-state index is 0.190. The second kappa shape index (κ2) is 15.0. The lowest BCUT2D eigenvalue weighted by Crippen LogP contribution is -2.16. The van der Waals surface area contributed by atoms with Gasteiger partial charge < -0.3 is 4.74 Å². The highest BCUT2D eigenvalue weighted by Crippen LogP contribution is 2.50. The molecule has 0 unspecified atom stereocenters. The molecule has 1 nitrogen and oxygen atoms in total. The molecule has 0 aromatic heterocycles. The summed E-state index contributed by atoms with van der Waals surface area (Å²) in [6.45, 7) is 0. The average Bonchev–Trinajstić information content (AvgIpc) is 3.29. The summed E-state index contributed by atoms with van der Waals surface area (Å²) in [6, 6.07) is 62.9. The SMILES string of the molecule is FC(F)(F)Cc1ccc(-c2ccc3c(-c4cc5ccccc5c5ccccc45)c4cc(-c5ccc(OC(F)(F)F)cc5)ccc4c(-c4cc5ccccc5c5ccccc45)c3c2)cc1. The van der Waals surface area contributed by atoms with E-state index in [9.17, 15) is 26.3 Å². The average molecular weight is 849 g/mol. The monoisotopic (exact) mass is 848 g/mol. The Hall–Kier alpha value is -7.64. The summed E-state index contributed by atoms with van der Waals surface area (Å²) in [7, 11) is 0. The summed E-state index contributed by atoms with van der Waals surface area (Å²) in [6.07, 6.45) is -10.1. The number of hydrogen-bond acceptors (Lipinski definition) is 1. The number of ether oxygens (including phenoxy) is 1. The van der Waals surface area contributed by atoms with E-state index in [1.807, 2.05) is 60.7 Å². The first-order valence-corrected chi connectivity index (χ1v) is 20.8. The molecule has 0 aliphatic heterocycles. The fourth-order valence-electron chi connectivity index (χ4n) is 9.59. The molecule has 0 spiro atoms. The molecule has 0 atom stereocenters. The number of fused-ring (bicyclic) bond motifs is 8. The van der Waals surface area contributed by atoms with E-state index in [1.165, 1.54) is 12.1 Å². The van der Waals surface area contributed by atoms with Gasteiger partial charge in [0.05, 0.1) is 6.42 Å². The van der Waals surface area contributed by atoms with Crippen molar-refractivity contribution in [3.8, 4) is 50.3 Å². The zero-order chi connectivity index (χ0) is 43.7. The van der Waals surface area contributed by atoms with Crippen molar-refractivity contribution in [2.45, 2.75) is 19.0 Å². The molecule has 0 saturated carbocycles. The molecule has 0 aliphatic rings. The van der Waals surface area contributed by atoms with Gasteiger partial charge in [0, 0.05) is 0 Å². The summed E-state index contributed by atoms with van der Waals surface area (Å²) in [5.74, 6) is -0.303. The molecule has 11 rings (SSSR count). The Morgan fingerprint density at radius 2 is 0.719 bits per heavy atom. The summed E-state index contributed by atoms with van der Waals surface area (Å²) < 4.78 is 83.9. The maximum Gasteiger partial charge on any atom is 0.573 e. The van der Waals surface area contributed by atoms with Crippen molar-refractivity contribution in [1.29, 1.82) is 0 Å². The van der Waals surface area contributed by atoms with Crippen LogP contribution in [0.3, 0.4) is 0 Å². The topological polar surface area (TPSA) is 9.23 Å². The smallest absolute Gasteiger partial charge is 0.406 e. The van der Waals surface area contributed by atoms with Crippen molar-refractivity contribution in [3.05, 3.63) is 200 Å². The van der Waals surface area contributed by atoms with E-state index in [0.717, 1.165) is 104 Å². The largest absolute Gasteiger partial charge is 0.573 e. The number of benzene rings is 11. The molecule has 0 amide bonds. The van der Waals surface area contributed by atoms with Crippen molar-refractivity contribution >= 4 is 64.6 Å². The molecule has 0 heterocycles. The van der Waals surface area contributed by atoms with Gasteiger partial charge in [-0.25, -0.2) is 0 Å². The van der Waals surface area contributed by atoms with Crippen LogP contribution in [-0.4, -0.2) is 12.5 Å². The van der Waals surface area contributed by atoms with Crippen molar-refractivity contribution in [1.82, 2.24) is 0 Å². The van der Waals surface area contributed by atoms with Crippen molar-refractivity contribution < 1.29 is 31.1 Å². The Kier molecular flexibility index (Phi) is 9.21. The van der Waals surface area contributed by atoms with E-state index in [0.29, 0.717) is 5.56 Å². The third-order valence-electron chi connectivity index (χ3n) is 12.3. The van der Waals surface area contributed by atoms with E-state index >= 15 is 0 Å². The minimum Gasteiger partial charge on any atom is -0.406 e. The summed E-state index contributed by atoms with van der Waals surface area (Å²) in [5, 5.41) is 12.5. The molecule has 0 N–H and O–H groups in total. The number of alkyl halides is 6. The number of rotatable bonds is 6. The van der Waals surface area contributed by atoms with Gasteiger partial charge in [0.15, 0.2) is 0 Å². The van der Waals surface area contributed by atoms with Crippen LogP contribution in [0.25, 0.3) is 109 Å². The van der Waals surface area contributed by atoms with Crippen LogP contribution in [0.2, 0.25) is 0 Å². The van der Waals surface area contributed by atoms with Crippen molar-refractivity contribution in [3.63, 3.8) is 0 Å². The van der Waals surface area contributed by atoms with E-state index in [4.69, 9.17) is 0 Å². The standard InChI is InChI=1S/C57H34F6O/c58-56(59,60)33-34-17-19-35(20-18-34)37-23-27-48-52(29-37)54(50-31-39-9-1-3-11-42(39)44-13-5-7-15-46(44)50)49-28-24-38(36-21-25-41(26-22-36)64-57(61,62)63)30-53(49)55(48)51-32-40-10-2-4-12-43(40)45-14-6-8-16-47(45)51/h1-32H,33H2. The number of hydrogen-bond donors (Lipinski definition) is 0. The summed E-state index contributed by atoms with van der Waals surface area (Å²) in [5.41, 5.74) is 7.33. The van der Waals surface area contributed by atoms with Crippen LogP contribution < -0.4 is 4.74 Å². The van der Waals surface area contributed by atoms with E-state index in [1.54, 1.807) is 36.4 Å². The van der Waals surface area contributed by atoms with E-state index in [2.05, 4.69) is 89.7 Å². The van der Waals surface area contributed by atoms with E-state index in [-0.39, 0.29) is 11.3 Å². The predicted octanol–water partition coefficient (Wildman–Crippen LogP) is 17.3. The summed E-state index contributed by atoms with van der Waals surface area (Å²) in [4.78, 5) is 0. The van der Waals surface area contributed by atoms with Crippen LogP contribution >= 0.6 is 0 Å². The van der Waals surface area contributed by atoms with Crippen LogP contribution in [0.1, 0.15) is 5.56 Å². The lowest BCUT2D eigenvalue weighted by Gasteiger charge is -2.22. The Morgan fingerprint density at radius 3 is 1.16 bits per heavy atom. The highest BCUT2D eigenvalue weighted by molar-refractivity contribution is 6.29. The quantitative estimate of drug-likeness (QED) is 0.0920. The molecule has 0 radical (unpaired) electrons. The lowest BCUT2D eigenvalue weighted by molar-refractivity contribution is -0.274. The lowest BCUT2D eigenvalue weighted by atomic mass is 9.81. The highest BCUT2D eigenvalue weighted by Gasteiger charge is 2.31. The van der Waals surface area contributed by atoms with Crippen LogP contribution in [0.4, 0.5) is 26.3 Å². The van der Waals surface area contributed by atoms with Gasteiger partial charge in [-0.15, -0.1) is 13.2 Å². The maximum absolute atomic E-state index is 13.4. The van der Waals surface area contributed by atoms with Gasteiger partial charge in [-0.1, -0.05) is 158 Å². The zero-order valence-corrected chi connectivity index (χ0v) is 33.9. The molecule has 0 fully saturated rings. The zero-order valence-electron chi connectivity index (χ0n) is 33.9. The van der Waals surface area contributed by atoms with Gasteiger partial charge in [0.1, 0.15) is 5.75 Å². The molecule has 64 heavy (non-hydrogen) atoms. The molecule has 7 heteroatoms. The van der Waals surface area contributed by atoms with E-state index < -0.39 is 19.0 Å². The van der Waals surface area contributed by atoms with Gasteiger partial charge in [0.25, 0.3) is 0 Å². The fourth-order valence-corrected chi connectivity index (χ4v) is 9.59. The Morgan fingerprint density at radius 1 is 0.328 bits per heavy atom. The van der Waals surface area contributed by atoms with Crippen LogP contribution in [0.15, 0.2) is 194 Å². The third kappa shape index (κ3) is 7.03. The first kappa shape index (κ1) is 39.2. The van der Waals surface area contributed by atoms with Crippen LogP contribution in [-0.2, 0) is 6.42 Å². The first-order valence-electron chi connectivity index (χ1n) is 20.8. The Balaban J connectivity index is 1.27. The van der Waals surface area contributed by atoms with Gasteiger partial charge in [-0.05, 0) is 151 Å². The van der Waals surface area contributed by atoms with Crippen LogP contribution in [0.5, 0.6) is 5.75 Å². The van der Waals surface area contributed by atoms with Crippen molar-refractivity contribution in [2.24, 2.45) is 0 Å². The van der Waals surface area contributed by atoms with Crippen molar-refractivity contribution in [2.75, 3.05) is 0 Å². The Bertz CT molecular complexity index is 3380. The maximum atomic E-state index is 13.4. The molecule has 0 bridgehead atoms. The van der Waals surface area contributed by atoms with Gasteiger partial charge in [0.2, 0.25) is 0 Å². The molecule has 310 valence electrons. The molecule has 11 aromatic rings. The first-order chi connectivity index (χ1) is 31.0. The van der Waals surface area contributed by atoms with Crippen LogP contribution in [0, 0.1) is 0 Å². The molecule has 11 aromatic carbocycles. The molecule has 0 saturated heterocycles. The molecular formula is C57H34F6O. The Labute approximate surface area is 363 Å². The molecular weight excluding hydrogens is 815 g/mol.